The van der Waals surface area contributed by atoms with Gasteiger partial charge in [0.05, 0.1) is 112 Å². The average Bonchev–Trinajstić information content (AvgIpc) is 3.26. The van der Waals surface area contributed by atoms with Crippen LogP contribution >= 0.6 is 0 Å². The molecule has 1 saturated heterocycles. The fraction of sp³-hybridized carbons (Fsp3) is 1.00. The highest BCUT2D eigenvalue weighted by atomic mass is 16.7. The van der Waals surface area contributed by atoms with Gasteiger partial charge in [-0.2, -0.15) is 0 Å². The normalized spacial score (nSPS) is 19.4. The molecule has 360 valence electrons. The standard InChI is InChI=1S/C46H92O14/c1-5-9-13-17-21-48-25-29-52-33-37-56-43-42(41-47)60-46(59-40-36-55-32-28-51-24-20-16-12-8-4)45(58-39-35-54-31-27-50-23-19-15-11-7-3)44(43)57-38-34-53-30-26-49-22-18-14-10-6-2/h42-47H,5-41H2,1-4H3/t42-,43-,44+,45-,46?/m1/s1. The van der Waals surface area contributed by atoms with E-state index in [0.29, 0.717) is 79.3 Å². The van der Waals surface area contributed by atoms with Crippen molar-refractivity contribution >= 4 is 0 Å². The molecule has 0 amide bonds. The molecule has 1 N–H and O–H groups in total. The number of aliphatic hydroxyl groups excluding tert-OH is 1. The molecule has 0 aromatic heterocycles. The van der Waals surface area contributed by atoms with Crippen molar-refractivity contribution in [3.63, 3.8) is 0 Å². The van der Waals surface area contributed by atoms with Gasteiger partial charge in [-0.1, -0.05) is 105 Å². The van der Waals surface area contributed by atoms with E-state index in [1.54, 1.807) is 0 Å². The molecular weight excluding hydrogens is 776 g/mol. The molecular formula is C46H92O14. The zero-order valence-electron chi connectivity index (χ0n) is 38.8. The summed E-state index contributed by atoms with van der Waals surface area (Å²) >= 11 is 0. The van der Waals surface area contributed by atoms with Crippen LogP contribution in [-0.4, -0.2) is 175 Å². The van der Waals surface area contributed by atoms with Crippen molar-refractivity contribution < 1.29 is 66.7 Å². The lowest BCUT2D eigenvalue weighted by Crippen LogP contribution is -2.62. The summed E-state index contributed by atoms with van der Waals surface area (Å²) in [6.07, 6.45) is 15.1. The molecule has 0 bridgehead atoms. The van der Waals surface area contributed by atoms with E-state index in [1.807, 2.05) is 0 Å². The van der Waals surface area contributed by atoms with Crippen LogP contribution in [0.25, 0.3) is 0 Å². The van der Waals surface area contributed by atoms with E-state index in [-0.39, 0.29) is 33.0 Å². The SMILES string of the molecule is CCCCCCOCCOCCOC1O[C@H](CO)[C@@H](OCCOCCOCCCCCC)[C@H](OCCOCCOCCCCCC)[C@H]1OCCOCCOCCCCCC. The highest BCUT2D eigenvalue weighted by molar-refractivity contribution is 4.93. The van der Waals surface area contributed by atoms with Gasteiger partial charge < -0.3 is 66.7 Å². The average molecular weight is 869 g/mol. The van der Waals surface area contributed by atoms with Crippen molar-refractivity contribution in [3.8, 4) is 0 Å². The van der Waals surface area contributed by atoms with Crippen LogP contribution in [0.1, 0.15) is 130 Å². The Morgan fingerprint density at radius 1 is 0.300 bits per heavy atom. The molecule has 0 radical (unpaired) electrons. The number of rotatable bonds is 49. The van der Waals surface area contributed by atoms with Crippen molar-refractivity contribution in [1.29, 1.82) is 0 Å². The van der Waals surface area contributed by atoms with Gasteiger partial charge in [0.1, 0.15) is 24.4 Å². The Morgan fingerprint density at radius 2 is 0.583 bits per heavy atom. The number of hydrogen-bond donors (Lipinski definition) is 1. The van der Waals surface area contributed by atoms with Gasteiger partial charge in [0.2, 0.25) is 0 Å². The van der Waals surface area contributed by atoms with Crippen LogP contribution in [0.2, 0.25) is 0 Å². The van der Waals surface area contributed by atoms with Gasteiger partial charge in [-0.25, -0.2) is 0 Å². The van der Waals surface area contributed by atoms with E-state index in [4.69, 9.17) is 61.6 Å². The van der Waals surface area contributed by atoms with Gasteiger partial charge in [0, 0.05) is 26.4 Å². The Morgan fingerprint density at radius 3 is 0.917 bits per heavy atom. The molecule has 14 heteroatoms. The summed E-state index contributed by atoms with van der Waals surface area (Å²) in [4.78, 5) is 0. The zero-order valence-corrected chi connectivity index (χ0v) is 38.8. The van der Waals surface area contributed by atoms with Crippen LogP contribution in [0.4, 0.5) is 0 Å². The maximum absolute atomic E-state index is 10.5. The molecule has 0 spiro atoms. The van der Waals surface area contributed by atoms with Crippen LogP contribution in [-0.2, 0) is 61.6 Å². The maximum atomic E-state index is 10.5. The lowest BCUT2D eigenvalue weighted by molar-refractivity contribution is -0.325. The fourth-order valence-corrected chi connectivity index (χ4v) is 6.49. The maximum Gasteiger partial charge on any atom is 0.187 e. The topological polar surface area (TPSA) is 140 Å². The number of ether oxygens (including phenoxy) is 13. The first-order valence-corrected chi connectivity index (χ1v) is 24.1. The lowest BCUT2D eigenvalue weighted by atomic mass is 9.98. The van der Waals surface area contributed by atoms with Crippen LogP contribution < -0.4 is 0 Å². The molecule has 0 aromatic carbocycles. The van der Waals surface area contributed by atoms with Gasteiger partial charge in [-0.3, -0.25) is 0 Å². The minimum atomic E-state index is -0.857. The summed E-state index contributed by atoms with van der Waals surface area (Å²) in [6.45, 7) is 17.9. The first-order chi connectivity index (χ1) is 29.7. The molecule has 0 saturated carbocycles. The Bertz CT molecular complexity index is 830. The molecule has 1 fully saturated rings. The zero-order chi connectivity index (χ0) is 43.2. The smallest absolute Gasteiger partial charge is 0.187 e. The highest BCUT2D eigenvalue weighted by Gasteiger charge is 2.48. The molecule has 14 nitrogen and oxygen atoms in total. The number of unbranched alkanes of at least 4 members (excludes halogenated alkanes) is 12. The van der Waals surface area contributed by atoms with E-state index >= 15 is 0 Å². The van der Waals surface area contributed by atoms with E-state index in [9.17, 15) is 5.11 Å². The molecule has 0 aromatic rings. The number of hydrogen-bond acceptors (Lipinski definition) is 14. The summed E-state index contributed by atoms with van der Waals surface area (Å²) in [6, 6.07) is 0. The largest absolute Gasteiger partial charge is 0.394 e. The first-order valence-electron chi connectivity index (χ1n) is 24.1. The van der Waals surface area contributed by atoms with Crippen LogP contribution in [0, 0.1) is 0 Å². The van der Waals surface area contributed by atoms with Crippen molar-refractivity contribution in [3.05, 3.63) is 0 Å². The molecule has 1 aliphatic rings. The molecule has 60 heavy (non-hydrogen) atoms. The molecule has 1 aliphatic heterocycles. The minimum absolute atomic E-state index is 0.250. The highest BCUT2D eigenvalue weighted by Crippen LogP contribution is 2.29. The van der Waals surface area contributed by atoms with Crippen molar-refractivity contribution in [2.75, 3.05) is 139 Å². The summed E-state index contributed by atoms with van der Waals surface area (Å²) in [5, 5.41) is 10.5. The fourth-order valence-electron chi connectivity index (χ4n) is 6.49. The van der Waals surface area contributed by atoms with Gasteiger partial charge in [0.25, 0.3) is 0 Å². The molecule has 1 rings (SSSR count). The second-order valence-corrected chi connectivity index (χ2v) is 15.2. The second kappa shape index (κ2) is 46.4. The second-order valence-electron chi connectivity index (χ2n) is 15.2. The monoisotopic (exact) mass is 869 g/mol. The van der Waals surface area contributed by atoms with E-state index in [2.05, 4.69) is 27.7 Å². The Balaban J connectivity index is 2.82. The van der Waals surface area contributed by atoms with Crippen LogP contribution in [0.15, 0.2) is 0 Å². The van der Waals surface area contributed by atoms with Gasteiger partial charge >= 0.3 is 0 Å². The van der Waals surface area contributed by atoms with Gasteiger partial charge in [0.15, 0.2) is 6.29 Å². The Labute approximate surface area is 365 Å². The predicted molar refractivity (Wildman–Crippen MR) is 234 cm³/mol. The quantitative estimate of drug-likeness (QED) is 0.0611. The first kappa shape index (κ1) is 57.5. The summed E-state index contributed by atoms with van der Waals surface area (Å²) in [5.41, 5.74) is 0. The van der Waals surface area contributed by atoms with Crippen molar-refractivity contribution in [2.24, 2.45) is 0 Å². The van der Waals surface area contributed by atoms with Crippen molar-refractivity contribution in [2.45, 2.75) is 161 Å². The number of aliphatic hydroxyl groups is 1. The van der Waals surface area contributed by atoms with Gasteiger partial charge in [-0.15, -0.1) is 0 Å². The summed E-state index contributed by atoms with van der Waals surface area (Å²) in [5.74, 6) is 0. The van der Waals surface area contributed by atoms with Gasteiger partial charge in [-0.05, 0) is 25.7 Å². The van der Waals surface area contributed by atoms with E-state index < -0.39 is 30.7 Å². The minimum Gasteiger partial charge on any atom is -0.394 e. The van der Waals surface area contributed by atoms with Crippen molar-refractivity contribution in [1.82, 2.24) is 0 Å². The summed E-state index contributed by atoms with van der Waals surface area (Å²) < 4.78 is 78.1. The molecule has 1 heterocycles. The Hall–Kier alpha value is -0.560. The van der Waals surface area contributed by atoms with Crippen LogP contribution in [0.5, 0.6) is 0 Å². The summed E-state index contributed by atoms with van der Waals surface area (Å²) in [7, 11) is 0. The third-order valence-corrected chi connectivity index (χ3v) is 9.95. The molecule has 0 aliphatic carbocycles. The molecule has 1 unspecified atom stereocenters. The lowest BCUT2D eigenvalue weighted by Gasteiger charge is -2.45. The van der Waals surface area contributed by atoms with E-state index in [1.165, 1.54) is 77.0 Å². The third kappa shape index (κ3) is 33.9. The van der Waals surface area contributed by atoms with E-state index in [0.717, 1.165) is 52.1 Å². The van der Waals surface area contributed by atoms with Crippen LogP contribution in [0.3, 0.4) is 0 Å². The third-order valence-electron chi connectivity index (χ3n) is 9.95. The Kier molecular flexibility index (Phi) is 44.5. The molecule has 5 atom stereocenters. The predicted octanol–water partition coefficient (Wildman–Crippen LogP) is 7.33.